The normalized spacial score (nSPS) is 23.5. The van der Waals surface area contributed by atoms with E-state index in [9.17, 15) is 0 Å². The third-order valence-corrected chi connectivity index (χ3v) is 18.8. The van der Waals surface area contributed by atoms with Crippen molar-refractivity contribution in [2.45, 2.75) is 64.0 Å². The Hall–Kier alpha value is 0.134. The molecular formula is C13H29NSi2. The van der Waals surface area contributed by atoms with Crippen molar-refractivity contribution in [1.82, 2.24) is 4.23 Å². The Morgan fingerprint density at radius 3 is 1.56 bits per heavy atom. The maximum Gasteiger partial charge on any atom is 0.121 e. The molecular weight excluding hydrogens is 226 g/mol. The van der Waals surface area contributed by atoms with Gasteiger partial charge in [-0.05, 0) is 36.3 Å². The van der Waals surface area contributed by atoms with Crippen molar-refractivity contribution in [3.8, 4) is 0 Å². The highest BCUT2D eigenvalue weighted by Crippen LogP contribution is 2.44. The lowest BCUT2D eigenvalue weighted by atomic mass is 10.7. The first-order chi connectivity index (χ1) is 7.64. The monoisotopic (exact) mass is 255 g/mol. The van der Waals surface area contributed by atoms with Crippen LogP contribution in [0.15, 0.2) is 12.7 Å². The average molecular weight is 256 g/mol. The van der Waals surface area contributed by atoms with E-state index in [1.54, 1.807) is 12.1 Å². The topological polar surface area (TPSA) is 3.24 Å². The van der Waals surface area contributed by atoms with Gasteiger partial charge in [-0.15, -0.1) is 6.58 Å². The van der Waals surface area contributed by atoms with Crippen molar-refractivity contribution in [2.24, 2.45) is 0 Å². The highest BCUT2D eigenvalue weighted by molar-refractivity contribution is 6.97. The highest BCUT2D eigenvalue weighted by atomic mass is 28.4. The molecule has 1 rings (SSSR count). The van der Waals surface area contributed by atoms with E-state index in [1.165, 1.54) is 30.7 Å². The lowest BCUT2D eigenvalue weighted by Gasteiger charge is -2.44. The lowest BCUT2D eigenvalue weighted by molar-refractivity contribution is 0.668. The van der Waals surface area contributed by atoms with Crippen molar-refractivity contribution in [3.05, 3.63) is 12.7 Å². The summed E-state index contributed by atoms with van der Waals surface area (Å²) in [7, 11) is -2.17. The fraction of sp³-hybridized carbons (Fsp3) is 0.846. The summed E-state index contributed by atoms with van der Waals surface area (Å²) < 4.78 is 3.05. The molecule has 1 fully saturated rings. The molecule has 16 heavy (non-hydrogen) atoms. The lowest BCUT2D eigenvalue weighted by Crippen LogP contribution is -2.59. The maximum atomic E-state index is 4.00. The molecule has 0 aliphatic carbocycles. The van der Waals surface area contributed by atoms with Crippen molar-refractivity contribution >= 4 is 16.5 Å². The van der Waals surface area contributed by atoms with Gasteiger partial charge in [0.2, 0.25) is 0 Å². The summed E-state index contributed by atoms with van der Waals surface area (Å²) in [4.78, 5) is 0. The fourth-order valence-corrected chi connectivity index (χ4v) is 19.6. The molecule has 3 heteroatoms. The quantitative estimate of drug-likeness (QED) is 0.500. The summed E-state index contributed by atoms with van der Waals surface area (Å²) in [5.74, 6) is 0. The van der Waals surface area contributed by atoms with E-state index >= 15 is 0 Å². The Morgan fingerprint density at radius 2 is 1.31 bits per heavy atom. The molecule has 0 spiro atoms. The van der Waals surface area contributed by atoms with Gasteiger partial charge in [0, 0.05) is 6.54 Å². The number of nitrogens with zero attached hydrogens (tertiary/aromatic N) is 1. The summed E-state index contributed by atoms with van der Waals surface area (Å²) in [6, 6.07) is 8.94. The van der Waals surface area contributed by atoms with Crippen LogP contribution in [0.2, 0.25) is 36.3 Å². The predicted octanol–water partition coefficient (Wildman–Crippen LogP) is 4.46. The zero-order valence-electron chi connectivity index (χ0n) is 11.7. The minimum absolute atomic E-state index is 1.08. The van der Waals surface area contributed by atoms with Gasteiger partial charge in [-0.1, -0.05) is 33.8 Å². The van der Waals surface area contributed by atoms with E-state index in [0.717, 1.165) is 0 Å². The Balaban J connectivity index is 3.03. The van der Waals surface area contributed by atoms with E-state index in [1.807, 2.05) is 0 Å². The van der Waals surface area contributed by atoms with Crippen LogP contribution in [0.4, 0.5) is 0 Å². The summed E-state index contributed by atoms with van der Waals surface area (Å²) >= 11 is 0. The minimum atomic E-state index is -1.08. The molecule has 0 bridgehead atoms. The first-order valence-electron chi connectivity index (χ1n) is 7.03. The molecule has 0 atom stereocenters. The summed E-state index contributed by atoms with van der Waals surface area (Å²) in [6.45, 7) is 14.9. The van der Waals surface area contributed by atoms with Gasteiger partial charge in [0.15, 0.2) is 0 Å². The van der Waals surface area contributed by atoms with Crippen LogP contribution >= 0.6 is 0 Å². The SMILES string of the molecule is C=CCN1[Si](CC)(CC)CC[Si]1(CC)CC. The van der Waals surface area contributed by atoms with Gasteiger partial charge < -0.3 is 4.23 Å². The summed E-state index contributed by atoms with van der Waals surface area (Å²) in [5, 5.41) is 0. The molecule has 0 aromatic rings. The van der Waals surface area contributed by atoms with Crippen molar-refractivity contribution in [3.63, 3.8) is 0 Å². The molecule has 1 aliphatic rings. The minimum Gasteiger partial charge on any atom is -0.342 e. The third kappa shape index (κ3) is 2.09. The maximum absolute atomic E-state index is 4.00. The average Bonchev–Trinajstić information content (AvgIpc) is 2.65. The van der Waals surface area contributed by atoms with Crippen LogP contribution in [0.25, 0.3) is 0 Å². The molecule has 1 saturated heterocycles. The second-order valence-corrected chi connectivity index (χ2v) is 15.5. The molecule has 0 N–H and O–H groups in total. The molecule has 94 valence electrons. The molecule has 0 radical (unpaired) electrons. The molecule has 1 aliphatic heterocycles. The summed E-state index contributed by atoms with van der Waals surface area (Å²) in [5.41, 5.74) is 0. The zero-order chi connectivity index (χ0) is 12.2. The highest BCUT2D eigenvalue weighted by Gasteiger charge is 2.53. The molecule has 0 unspecified atom stereocenters. The second-order valence-electron chi connectivity index (χ2n) is 5.26. The van der Waals surface area contributed by atoms with Gasteiger partial charge in [0.05, 0.1) is 0 Å². The van der Waals surface area contributed by atoms with E-state index in [4.69, 9.17) is 0 Å². The van der Waals surface area contributed by atoms with Crippen molar-refractivity contribution in [1.29, 1.82) is 0 Å². The molecule has 0 aromatic heterocycles. The van der Waals surface area contributed by atoms with Crippen LogP contribution in [-0.4, -0.2) is 27.2 Å². The van der Waals surface area contributed by atoms with Gasteiger partial charge in [-0.25, -0.2) is 0 Å². The van der Waals surface area contributed by atoms with Gasteiger partial charge in [0.25, 0.3) is 0 Å². The van der Waals surface area contributed by atoms with Crippen LogP contribution in [0, 0.1) is 0 Å². The van der Waals surface area contributed by atoms with Crippen LogP contribution in [0.3, 0.4) is 0 Å². The van der Waals surface area contributed by atoms with Crippen molar-refractivity contribution < 1.29 is 0 Å². The fourth-order valence-electron chi connectivity index (χ4n) is 3.73. The number of rotatable bonds is 6. The van der Waals surface area contributed by atoms with Gasteiger partial charge >= 0.3 is 0 Å². The van der Waals surface area contributed by atoms with E-state index in [0.29, 0.717) is 0 Å². The van der Waals surface area contributed by atoms with E-state index in [2.05, 4.69) is 44.6 Å². The molecule has 1 heterocycles. The molecule has 0 saturated carbocycles. The first kappa shape index (κ1) is 14.2. The zero-order valence-corrected chi connectivity index (χ0v) is 13.7. The smallest absolute Gasteiger partial charge is 0.121 e. The third-order valence-electron chi connectivity index (χ3n) is 5.15. The van der Waals surface area contributed by atoms with Crippen molar-refractivity contribution in [2.75, 3.05) is 6.54 Å². The number of hydrogen-bond donors (Lipinski definition) is 0. The Bertz CT molecular complexity index is 212. The standard InChI is InChI=1S/C13H29NSi2/c1-6-11-14-15(7-2,8-3)12-13-16(14,9-4)10-5/h6H,1,7-13H2,2-5H3. The van der Waals surface area contributed by atoms with E-state index in [-0.39, 0.29) is 0 Å². The van der Waals surface area contributed by atoms with Gasteiger partial charge in [-0.2, -0.15) is 0 Å². The number of hydrogen-bond acceptors (Lipinski definition) is 1. The predicted molar refractivity (Wildman–Crippen MR) is 79.9 cm³/mol. The first-order valence-corrected chi connectivity index (χ1v) is 12.2. The summed E-state index contributed by atoms with van der Waals surface area (Å²) in [6.07, 6.45) is 2.16. The Kier molecular flexibility index (Phi) is 5.01. The molecule has 0 amide bonds. The Morgan fingerprint density at radius 1 is 0.938 bits per heavy atom. The largest absolute Gasteiger partial charge is 0.342 e. The second kappa shape index (κ2) is 5.65. The van der Waals surface area contributed by atoms with E-state index < -0.39 is 16.5 Å². The molecule has 0 aromatic carbocycles. The van der Waals surface area contributed by atoms with Gasteiger partial charge in [-0.3, -0.25) is 0 Å². The molecule has 1 nitrogen and oxygen atoms in total. The van der Waals surface area contributed by atoms with Crippen LogP contribution in [-0.2, 0) is 0 Å². The van der Waals surface area contributed by atoms with Crippen LogP contribution < -0.4 is 0 Å². The Labute approximate surface area is 104 Å². The van der Waals surface area contributed by atoms with Crippen LogP contribution in [0.5, 0.6) is 0 Å². The van der Waals surface area contributed by atoms with Crippen LogP contribution in [0.1, 0.15) is 27.7 Å². The van der Waals surface area contributed by atoms with Gasteiger partial charge in [0.1, 0.15) is 16.5 Å².